The molecular weight excluding hydrogens is 428 g/mol. The van der Waals surface area contributed by atoms with E-state index in [0.717, 1.165) is 49.2 Å². The summed E-state index contributed by atoms with van der Waals surface area (Å²) in [6, 6.07) is 7.95. The van der Waals surface area contributed by atoms with Gasteiger partial charge in [0.15, 0.2) is 5.16 Å². The molecule has 0 aliphatic carbocycles. The molecule has 4 aromatic rings. The lowest BCUT2D eigenvalue weighted by molar-refractivity contribution is 0.00200. The minimum Gasteiger partial charge on any atom is -0.372 e. The van der Waals surface area contributed by atoms with Gasteiger partial charge in [0.2, 0.25) is 5.78 Å². The highest BCUT2D eigenvalue weighted by Gasteiger charge is 2.30. The molecule has 31 heavy (non-hydrogen) atoms. The van der Waals surface area contributed by atoms with Crippen molar-refractivity contribution in [1.29, 1.82) is 0 Å². The molecule has 0 radical (unpaired) electrons. The van der Waals surface area contributed by atoms with Crippen molar-refractivity contribution in [3.05, 3.63) is 63.3 Å². The van der Waals surface area contributed by atoms with Gasteiger partial charge in [-0.05, 0) is 36.1 Å². The molecule has 1 atom stereocenters. The van der Waals surface area contributed by atoms with Gasteiger partial charge in [0.1, 0.15) is 4.83 Å². The van der Waals surface area contributed by atoms with Crippen LogP contribution in [0.25, 0.3) is 21.7 Å². The summed E-state index contributed by atoms with van der Waals surface area (Å²) in [5.41, 5.74) is 2.97. The van der Waals surface area contributed by atoms with E-state index in [9.17, 15) is 4.79 Å². The van der Waals surface area contributed by atoms with Crippen molar-refractivity contribution in [2.75, 3.05) is 5.75 Å². The first kappa shape index (κ1) is 20.5. The second-order valence-electron chi connectivity index (χ2n) is 8.18. The Morgan fingerprint density at radius 2 is 2.23 bits per heavy atom. The minimum absolute atomic E-state index is 0.0392. The highest BCUT2D eigenvalue weighted by atomic mass is 32.2. The summed E-state index contributed by atoms with van der Waals surface area (Å²) >= 11 is 3.19. The molecule has 0 saturated carbocycles. The molecule has 1 aliphatic rings. The summed E-state index contributed by atoms with van der Waals surface area (Å²) in [6.07, 6.45) is 2.71. The molecule has 0 N–H and O–H groups in total. The van der Waals surface area contributed by atoms with Gasteiger partial charge in [0, 0.05) is 17.1 Å². The lowest BCUT2D eigenvalue weighted by Gasteiger charge is -2.26. The zero-order chi connectivity index (χ0) is 21.7. The summed E-state index contributed by atoms with van der Waals surface area (Å²) in [4.78, 5) is 15.9. The lowest BCUT2D eigenvalue weighted by atomic mass is 9.96. The van der Waals surface area contributed by atoms with Crippen molar-refractivity contribution in [3.8, 4) is 5.69 Å². The number of thioether (sulfide) groups is 1. The number of rotatable bonds is 5. The molecule has 1 aliphatic heterocycles. The fourth-order valence-electron chi connectivity index (χ4n) is 4.09. The van der Waals surface area contributed by atoms with Crippen molar-refractivity contribution in [2.45, 2.75) is 45.1 Å². The number of ether oxygens (including phenoxy) is 1. The highest BCUT2D eigenvalue weighted by molar-refractivity contribution is 7.99. The average molecular weight is 453 g/mol. The Morgan fingerprint density at radius 1 is 1.39 bits per heavy atom. The Balaban J connectivity index is 1.87. The maximum atomic E-state index is 13.9. The number of fused-ring (bicyclic) bond motifs is 5. The smallest absolute Gasteiger partial charge is 0.268 e. The van der Waals surface area contributed by atoms with E-state index in [1.165, 1.54) is 0 Å². The van der Waals surface area contributed by atoms with E-state index in [1.807, 2.05) is 41.7 Å². The van der Waals surface area contributed by atoms with Gasteiger partial charge in [-0.2, -0.15) is 0 Å². The molecule has 0 fully saturated rings. The molecule has 0 bridgehead atoms. The van der Waals surface area contributed by atoms with Crippen LogP contribution < -0.4 is 5.56 Å². The largest absolute Gasteiger partial charge is 0.372 e. The SMILES string of the molecule is C=CCSc1nnc2n(-c3cccc(C)c3)c(=O)c3c4c(sc3n12)COC(C(C)C)C4. The van der Waals surface area contributed by atoms with Crippen LogP contribution in [-0.4, -0.2) is 31.0 Å². The monoisotopic (exact) mass is 452 g/mol. The average Bonchev–Trinajstić information content (AvgIpc) is 3.33. The van der Waals surface area contributed by atoms with Crippen molar-refractivity contribution >= 4 is 39.1 Å². The lowest BCUT2D eigenvalue weighted by Crippen LogP contribution is -2.28. The van der Waals surface area contributed by atoms with Crippen LogP contribution >= 0.6 is 23.1 Å². The fourth-order valence-corrected chi connectivity index (χ4v) is 6.06. The zero-order valence-electron chi connectivity index (χ0n) is 17.8. The normalized spacial score (nSPS) is 16.3. The van der Waals surface area contributed by atoms with Gasteiger partial charge in [-0.1, -0.05) is 43.8 Å². The van der Waals surface area contributed by atoms with Gasteiger partial charge in [0.05, 0.1) is 23.8 Å². The van der Waals surface area contributed by atoms with Crippen molar-refractivity contribution in [2.24, 2.45) is 5.92 Å². The van der Waals surface area contributed by atoms with Gasteiger partial charge in [-0.3, -0.25) is 4.79 Å². The molecule has 0 saturated heterocycles. The first-order valence-corrected chi connectivity index (χ1v) is 12.2. The molecule has 4 heterocycles. The molecule has 3 aromatic heterocycles. The minimum atomic E-state index is -0.0392. The van der Waals surface area contributed by atoms with E-state index in [2.05, 4.69) is 30.6 Å². The van der Waals surface area contributed by atoms with Crippen LogP contribution in [0.5, 0.6) is 0 Å². The molecule has 8 heteroatoms. The van der Waals surface area contributed by atoms with Gasteiger partial charge in [-0.15, -0.1) is 28.1 Å². The molecule has 6 nitrogen and oxygen atoms in total. The topological polar surface area (TPSA) is 61.4 Å². The molecule has 160 valence electrons. The first-order chi connectivity index (χ1) is 15.0. The molecule has 5 rings (SSSR count). The van der Waals surface area contributed by atoms with E-state index in [1.54, 1.807) is 27.7 Å². The number of hydrogen-bond acceptors (Lipinski definition) is 6. The predicted molar refractivity (Wildman–Crippen MR) is 127 cm³/mol. The maximum Gasteiger partial charge on any atom is 0.268 e. The summed E-state index contributed by atoms with van der Waals surface area (Å²) in [5.74, 6) is 1.64. The van der Waals surface area contributed by atoms with E-state index < -0.39 is 0 Å². The first-order valence-electron chi connectivity index (χ1n) is 10.4. The molecule has 0 amide bonds. The standard InChI is InChI=1S/C23H24N4O2S2/c1-5-9-30-23-25-24-22-26(15-8-6-7-14(4)10-15)20(28)19-16-11-17(13(2)3)29-12-18(16)31-21(19)27(22)23/h5-8,10,13,17H,1,9,11-12H2,2-4H3. The molecular formula is C23H24N4O2S2. The number of nitrogens with zero attached hydrogens (tertiary/aromatic N) is 4. The van der Waals surface area contributed by atoms with Crippen molar-refractivity contribution < 1.29 is 4.74 Å². The van der Waals surface area contributed by atoms with E-state index in [0.29, 0.717) is 18.3 Å². The van der Waals surface area contributed by atoms with Crippen LogP contribution in [0.15, 0.2) is 46.9 Å². The number of aryl methyl sites for hydroxylation is 1. The second kappa shape index (κ2) is 7.93. The summed E-state index contributed by atoms with van der Waals surface area (Å²) in [6.45, 7) is 10.7. The van der Waals surface area contributed by atoms with Crippen LogP contribution in [0.3, 0.4) is 0 Å². The Hall–Kier alpha value is -2.42. The molecule has 0 spiro atoms. The van der Waals surface area contributed by atoms with Crippen LogP contribution in [0.2, 0.25) is 0 Å². The van der Waals surface area contributed by atoms with Gasteiger partial charge < -0.3 is 4.74 Å². The van der Waals surface area contributed by atoms with Crippen LogP contribution in [0.4, 0.5) is 0 Å². The van der Waals surface area contributed by atoms with Gasteiger partial charge >= 0.3 is 0 Å². The third-order valence-corrected chi connectivity index (χ3v) is 7.79. The third kappa shape index (κ3) is 3.33. The quantitative estimate of drug-likeness (QED) is 0.322. The van der Waals surface area contributed by atoms with Gasteiger partial charge in [-0.25, -0.2) is 8.97 Å². The zero-order valence-corrected chi connectivity index (χ0v) is 19.4. The Labute approximate surface area is 188 Å². The summed E-state index contributed by atoms with van der Waals surface area (Å²) in [5, 5.41) is 10.4. The summed E-state index contributed by atoms with van der Waals surface area (Å²) < 4.78 is 9.83. The fraction of sp³-hybridized carbons (Fsp3) is 0.348. The van der Waals surface area contributed by atoms with Crippen molar-refractivity contribution in [3.63, 3.8) is 0 Å². The second-order valence-corrected chi connectivity index (χ2v) is 10.2. The maximum absolute atomic E-state index is 13.9. The van der Waals surface area contributed by atoms with E-state index >= 15 is 0 Å². The van der Waals surface area contributed by atoms with E-state index in [-0.39, 0.29) is 11.7 Å². The summed E-state index contributed by atoms with van der Waals surface area (Å²) in [7, 11) is 0. The molecule has 1 unspecified atom stereocenters. The molecule has 1 aromatic carbocycles. The van der Waals surface area contributed by atoms with E-state index in [4.69, 9.17) is 4.74 Å². The number of aromatic nitrogens is 4. The van der Waals surface area contributed by atoms with Crippen LogP contribution in [-0.2, 0) is 17.8 Å². The Kier molecular flexibility index (Phi) is 5.24. The van der Waals surface area contributed by atoms with Crippen LogP contribution in [0, 0.1) is 12.8 Å². The Morgan fingerprint density at radius 3 is 2.97 bits per heavy atom. The van der Waals surface area contributed by atoms with Crippen molar-refractivity contribution in [1.82, 2.24) is 19.2 Å². The number of benzene rings is 1. The Bertz CT molecular complexity index is 1370. The number of thiophene rings is 1. The number of hydrogen-bond donors (Lipinski definition) is 0. The van der Waals surface area contributed by atoms with Gasteiger partial charge in [0.25, 0.3) is 5.56 Å². The third-order valence-electron chi connectivity index (χ3n) is 5.68. The highest BCUT2D eigenvalue weighted by Crippen LogP contribution is 2.37. The predicted octanol–water partition coefficient (Wildman–Crippen LogP) is 4.78. The van der Waals surface area contributed by atoms with Crippen LogP contribution in [0.1, 0.15) is 29.9 Å².